The Labute approximate surface area is 132 Å². The lowest BCUT2D eigenvalue weighted by molar-refractivity contribution is -0.132. The Hall–Kier alpha value is -2.84. The summed E-state index contributed by atoms with van der Waals surface area (Å²) in [5.41, 5.74) is 0.0458. The van der Waals surface area contributed by atoms with Crippen molar-refractivity contribution < 1.29 is 28.7 Å². The largest absolute Gasteiger partial charge is 0.478 e. The van der Waals surface area contributed by atoms with Gasteiger partial charge in [0.05, 0.1) is 19.6 Å². The second kappa shape index (κ2) is 7.97. The third-order valence-electron chi connectivity index (χ3n) is 2.95. The average Bonchev–Trinajstić information content (AvgIpc) is 2.83. The minimum Gasteiger partial charge on any atom is -0.478 e. The van der Waals surface area contributed by atoms with Crippen molar-refractivity contribution in [2.45, 2.75) is 20.4 Å². The van der Waals surface area contributed by atoms with Crippen molar-refractivity contribution in [3.63, 3.8) is 0 Å². The molecule has 0 spiro atoms. The summed E-state index contributed by atoms with van der Waals surface area (Å²) in [5, 5.41) is 13.6. The number of carboxylic acid groups (broad SMARTS) is 1. The maximum Gasteiger partial charge on any atom is 0.339 e. The van der Waals surface area contributed by atoms with Crippen molar-refractivity contribution >= 4 is 23.7 Å². The van der Waals surface area contributed by atoms with E-state index in [0.717, 1.165) is 0 Å². The summed E-state index contributed by atoms with van der Waals surface area (Å²) in [6, 6.07) is 1.36. The van der Waals surface area contributed by atoms with E-state index in [1.165, 1.54) is 31.9 Å². The zero-order valence-electron chi connectivity index (χ0n) is 13.1. The summed E-state index contributed by atoms with van der Waals surface area (Å²) in [6.45, 7) is 2.44. The molecule has 0 aliphatic rings. The van der Waals surface area contributed by atoms with Crippen LogP contribution in [0, 0.1) is 6.92 Å². The normalized spacial score (nSPS) is 10.0. The number of likely N-dealkylation sites (N-methyl/N-ethyl adjacent to an activating group) is 1. The van der Waals surface area contributed by atoms with Gasteiger partial charge >= 0.3 is 5.97 Å². The number of carbonyl (C=O) groups excluding carboxylic acids is 3. The first-order chi connectivity index (χ1) is 10.7. The number of nitrogens with zero attached hydrogens (tertiary/aromatic N) is 1. The molecular weight excluding hydrogens is 306 g/mol. The zero-order chi connectivity index (χ0) is 17.6. The molecule has 0 radical (unpaired) electrons. The highest BCUT2D eigenvalue weighted by Crippen LogP contribution is 2.15. The Balaban J connectivity index is 2.48. The lowest BCUT2D eigenvalue weighted by Crippen LogP contribution is -2.41. The van der Waals surface area contributed by atoms with Crippen molar-refractivity contribution in [1.82, 2.24) is 15.5 Å². The van der Waals surface area contributed by atoms with E-state index in [4.69, 9.17) is 9.52 Å². The number of hydrogen-bond donors (Lipinski definition) is 3. The van der Waals surface area contributed by atoms with Gasteiger partial charge in [-0.3, -0.25) is 14.4 Å². The van der Waals surface area contributed by atoms with Crippen LogP contribution in [-0.2, 0) is 20.9 Å². The van der Waals surface area contributed by atoms with Gasteiger partial charge in [0.25, 0.3) is 0 Å². The van der Waals surface area contributed by atoms with E-state index in [2.05, 4.69) is 10.6 Å². The van der Waals surface area contributed by atoms with Crippen molar-refractivity contribution in [1.29, 1.82) is 0 Å². The highest BCUT2D eigenvalue weighted by atomic mass is 16.4. The van der Waals surface area contributed by atoms with Gasteiger partial charge in [-0.05, 0) is 13.0 Å². The number of rotatable bonds is 7. The van der Waals surface area contributed by atoms with E-state index in [1.54, 1.807) is 0 Å². The van der Waals surface area contributed by atoms with Crippen LogP contribution in [0.5, 0.6) is 0 Å². The molecular formula is C14H19N3O6. The number of carboxylic acids is 1. The van der Waals surface area contributed by atoms with Gasteiger partial charge in [-0.1, -0.05) is 0 Å². The number of carbonyl (C=O) groups is 4. The fourth-order valence-electron chi connectivity index (χ4n) is 1.73. The fourth-order valence-corrected chi connectivity index (χ4v) is 1.73. The van der Waals surface area contributed by atoms with Gasteiger partial charge in [-0.15, -0.1) is 0 Å². The highest BCUT2D eigenvalue weighted by Gasteiger charge is 2.17. The van der Waals surface area contributed by atoms with Crippen LogP contribution in [0.2, 0.25) is 0 Å². The molecule has 0 aliphatic carbocycles. The molecule has 9 heteroatoms. The van der Waals surface area contributed by atoms with Crippen LogP contribution in [0.3, 0.4) is 0 Å². The van der Waals surface area contributed by atoms with Crippen LogP contribution in [-0.4, -0.2) is 53.8 Å². The Morgan fingerprint density at radius 1 is 1.22 bits per heavy atom. The molecule has 126 valence electrons. The lowest BCUT2D eigenvalue weighted by atomic mass is 10.2. The lowest BCUT2D eigenvalue weighted by Gasteiger charge is -2.16. The van der Waals surface area contributed by atoms with Gasteiger partial charge in [0.15, 0.2) is 0 Å². The fraction of sp³-hybridized carbons (Fsp3) is 0.429. The van der Waals surface area contributed by atoms with E-state index >= 15 is 0 Å². The molecule has 3 amide bonds. The van der Waals surface area contributed by atoms with Gasteiger partial charge in [0.1, 0.15) is 17.1 Å². The van der Waals surface area contributed by atoms with Gasteiger partial charge in [-0.2, -0.15) is 0 Å². The smallest absolute Gasteiger partial charge is 0.339 e. The van der Waals surface area contributed by atoms with Crippen molar-refractivity contribution in [3.8, 4) is 0 Å². The number of hydrogen-bond acceptors (Lipinski definition) is 5. The van der Waals surface area contributed by atoms with Crippen LogP contribution >= 0.6 is 0 Å². The first-order valence-corrected chi connectivity index (χ1v) is 6.78. The van der Waals surface area contributed by atoms with Gasteiger partial charge < -0.3 is 25.1 Å². The van der Waals surface area contributed by atoms with Crippen LogP contribution in [0.4, 0.5) is 0 Å². The Morgan fingerprint density at radius 2 is 1.87 bits per heavy atom. The van der Waals surface area contributed by atoms with Crippen molar-refractivity contribution in [2.75, 3.05) is 20.1 Å². The summed E-state index contributed by atoms with van der Waals surface area (Å²) in [4.78, 5) is 46.1. The number of furan rings is 1. The molecule has 0 aromatic carbocycles. The monoisotopic (exact) mass is 325 g/mol. The molecule has 0 unspecified atom stereocenters. The average molecular weight is 325 g/mol. The summed E-state index contributed by atoms with van der Waals surface area (Å²) in [7, 11) is 1.50. The summed E-state index contributed by atoms with van der Waals surface area (Å²) in [6.07, 6.45) is 0. The van der Waals surface area contributed by atoms with Crippen molar-refractivity contribution in [2.24, 2.45) is 0 Å². The van der Waals surface area contributed by atoms with Crippen LogP contribution < -0.4 is 10.6 Å². The van der Waals surface area contributed by atoms with E-state index in [1.807, 2.05) is 0 Å². The first kappa shape index (κ1) is 18.2. The van der Waals surface area contributed by atoms with Gasteiger partial charge in [0.2, 0.25) is 17.7 Å². The number of amides is 3. The molecule has 3 N–H and O–H groups in total. The Morgan fingerprint density at radius 3 is 2.39 bits per heavy atom. The SMILES string of the molecule is CC(=O)NCC(=O)NCC(=O)N(C)Cc1cc(C(=O)O)c(C)o1. The molecule has 23 heavy (non-hydrogen) atoms. The second-order valence-electron chi connectivity index (χ2n) is 4.92. The van der Waals surface area contributed by atoms with Crippen LogP contribution in [0.15, 0.2) is 10.5 Å². The molecule has 0 aliphatic heterocycles. The summed E-state index contributed by atoms with van der Waals surface area (Å²) >= 11 is 0. The zero-order valence-corrected chi connectivity index (χ0v) is 13.1. The Bertz CT molecular complexity index is 622. The second-order valence-corrected chi connectivity index (χ2v) is 4.92. The predicted octanol–water partition coefficient (Wildman–Crippen LogP) is -0.503. The number of aryl methyl sites for hydroxylation is 1. The van der Waals surface area contributed by atoms with E-state index in [9.17, 15) is 19.2 Å². The maximum absolute atomic E-state index is 11.9. The topological polar surface area (TPSA) is 129 Å². The van der Waals surface area contributed by atoms with E-state index in [-0.39, 0.29) is 42.8 Å². The number of nitrogens with one attached hydrogen (secondary N) is 2. The number of aromatic carboxylic acids is 1. The third-order valence-corrected chi connectivity index (χ3v) is 2.95. The predicted molar refractivity (Wildman–Crippen MR) is 78.6 cm³/mol. The quantitative estimate of drug-likeness (QED) is 0.619. The Kier molecular flexibility index (Phi) is 6.31. The summed E-state index contributed by atoms with van der Waals surface area (Å²) in [5.74, 6) is -1.71. The highest BCUT2D eigenvalue weighted by molar-refractivity contribution is 5.89. The third kappa shape index (κ3) is 5.81. The molecule has 9 nitrogen and oxygen atoms in total. The first-order valence-electron chi connectivity index (χ1n) is 6.78. The summed E-state index contributed by atoms with van der Waals surface area (Å²) < 4.78 is 5.28. The van der Waals surface area contributed by atoms with E-state index < -0.39 is 11.9 Å². The van der Waals surface area contributed by atoms with E-state index in [0.29, 0.717) is 5.76 Å². The van der Waals surface area contributed by atoms with Gasteiger partial charge in [0, 0.05) is 14.0 Å². The molecule has 0 fully saturated rings. The molecule has 1 rings (SSSR count). The standard InChI is InChI=1S/C14H19N3O6/c1-8-11(14(21)22)4-10(23-8)7-17(3)13(20)6-16-12(19)5-15-9(2)18/h4H,5-7H2,1-3H3,(H,15,18)(H,16,19)(H,21,22). The molecule has 0 saturated carbocycles. The maximum atomic E-state index is 11.9. The van der Waals surface area contributed by atoms with Crippen molar-refractivity contribution in [3.05, 3.63) is 23.2 Å². The minimum atomic E-state index is -1.10. The molecule has 1 aromatic heterocycles. The molecule has 0 saturated heterocycles. The van der Waals surface area contributed by atoms with Crippen LogP contribution in [0.1, 0.15) is 28.8 Å². The minimum absolute atomic E-state index is 0.0458. The molecule has 1 aromatic rings. The van der Waals surface area contributed by atoms with Gasteiger partial charge in [-0.25, -0.2) is 4.79 Å². The molecule has 1 heterocycles. The molecule has 0 bridgehead atoms. The molecule has 0 atom stereocenters. The van der Waals surface area contributed by atoms with Crippen LogP contribution in [0.25, 0.3) is 0 Å².